The lowest BCUT2D eigenvalue weighted by Gasteiger charge is -2.09. The quantitative estimate of drug-likeness (QED) is 0.536. The molecule has 0 rings (SSSR count). The molecule has 0 saturated heterocycles. The fourth-order valence-electron chi connectivity index (χ4n) is 1.14. The molecule has 0 radical (unpaired) electrons. The van der Waals surface area contributed by atoms with Gasteiger partial charge in [0.25, 0.3) is 0 Å². The van der Waals surface area contributed by atoms with Crippen molar-refractivity contribution < 1.29 is 5.11 Å². The van der Waals surface area contributed by atoms with Gasteiger partial charge in [-0.25, -0.2) is 0 Å². The molecule has 2 atom stereocenters. The molecule has 3 heteroatoms. The van der Waals surface area contributed by atoms with Crippen molar-refractivity contribution >= 4 is 0 Å². The van der Waals surface area contributed by atoms with Crippen molar-refractivity contribution in [2.24, 2.45) is 11.5 Å². The van der Waals surface area contributed by atoms with Gasteiger partial charge in [-0.3, -0.25) is 0 Å². The van der Waals surface area contributed by atoms with E-state index in [1.807, 2.05) is 13.8 Å². The van der Waals surface area contributed by atoms with Crippen LogP contribution < -0.4 is 11.5 Å². The van der Waals surface area contributed by atoms with Crippen LogP contribution >= 0.6 is 0 Å². The van der Waals surface area contributed by atoms with Crippen molar-refractivity contribution in [1.29, 1.82) is 0 Å². The molecule has 0 amide bonds. The average molecular weight is 186 g/mol. The number of hydrogen-bond acceptors (Lipinski definition) is 3. The molecule has 0 aromatic carbocycles. The highest BCUT2D eigenvalue weighted by Crippen LogP contribution is 2.08. The lowest BCUT2D eigenvalue weighted by atomic mass is 10.1. The minimum Gasteiger partial charge on any atom is -0.393 e. The van der Waals surface area contributed by atoms with Gasteiger partial charge in [0.1, 0.15) is 0 Å². The van der Waals surface area contributed by atoms with Gasteiger partial charge in [0, 0.05) is 6.04 Å². The van der Waals surface area contributed by atoms with Crippen LogP contribution in [0.5, 0.6) is 0 Å². The van der Waals surface area contributed by atoms with Crippen LogP contribution in [0.4, 0.5) is 0 Å². The maximum absolute atomic E-state index is 9.43. The van der Waals surface area contributed by atoms with E-state index in [0.717, 1.165) is 6.42 Å². The van der Waals surface area contributed by atoms with E-state index in [9.17, 15) is 5.11 Å². The topological polar surface area (TPSA) is 72.3 Å². The Morgan fingerprint density at radius 1 is 1.54 bits per heavy atom. The fraction of sp³-hybridized carbons (Fsp3) is 0.800. The SMILES string of the molecule is C/C(=C\C[C@@H](C)N)CC(O)CCN. The molecule has 0 aromatic rings. The van der Waals surface area contributed by atoms with Crippen LogP contribution in [0.2, 0.25) is 0 Å². The van der Waals surface area contributed by atoms with Crippen molar-refractivity contribution in [2.45, 2.75) is 45.3 Å². The third-order valence-electron chi connectivity index (χ3n) is 1.90. The summed E-state index contributed by atoms with van der Waals surface area (Å²) in [7, 11) is 0. The van der Waals surface area contributed by atoms with Gasteiger partial charge in [-0.1, -0.05) is 11.6 Å². The molecule has 0 aromatic heterocycles. The Hall–Kier alpha value is -0.380. The zero-order valence-electron chi connectivity index (χ0n) is 8.66. The molecule has 0 bridgehead atoms. The molecule has 0 heterocycles. The summed E-state index contributed by atoms with van der Waals surface area (Å²) in [5.74, 6) is 0. The molecule has 1 unspecified atom stereocenters. The lowest BCUT2D eigenvalue weighted by Crippen LogP contribution is -2.15. The summed E-state index contributed by atoms with van der Waals surface area (Å²) in [5.41, 5.74) is 12.1. The van der Waals surface area contributed by atoms with Gasteiger partial charge < -0.3 is 16.6 Å². The Labute approximate surface area is 80.8 Å². The summed E-state index contributed by atoms with van der Waals surface area (Å²) in [4.78, 5) is 0. The third kappa shape index (κ3) is 7.96. The fourth-order valence-corrected chi connectivity index (χ4v) is 1.14. The van der Waals surface area contributed by atoms with Gasteiger partial charge in [-0.2, -0.15) is 0 Å². The number of nitrogens with two attached hydrogens (primary N) is 2. The van der Waals surface area contributed by atoms with Crippen LogP contribution in [0.1, 0.15) is 33.1 Å². The van der Waals surface area contributed by atoms with Crippen molar-refractivity contribution in [1.82, 2.24) is 0 Å². The minimum absolute atomic E-state index is 0.196. The second-order valence-corrected chi connectivity index (χ2v) is 3.70. The summed E-state index contributed by atoms with van der Waals surface area (Å²) in [6, 6.07) is 0.196. The van der Waals surface area contributed by atoms with E-state index in [1.165, 1.54) is 5.57 Å². The first-order valence-electron chi connectivity index (χ1n) is 4.85. The van der Waals surface area contributed by atoms with Gasteiger partial charge in [-0.15, -0.1) is 0 Å². The minimum atomic E-state index is -0.297. The van der Waals surface area contributed by atoms with Gasteiger partial charge in [0.15, 0.2) is 0 Å². The molecule has 0 aliphatic rings. The molecule has 0 aliphatic heterocycles. The molecule has 0 saturated carbocycles. The lowest BCUT2D eigenvalue weighted by molar-refractivity contribution is 0.167. The van der Waals surface area contributed by atoms with Crippen LogP contribution in [-0.2, 0) is 0 Å². The molecule has 3 nitrogen and oxygen atoms in total. The van der Waals surface area contributed by atoms with Gasteiger partial charge in [0.2, 0.25) is 0 Å². The van der Waals surface area contributed by atoms with Crippen molar-refractivity contribution in [3.05, 3.63) is 11.6 Å². The Bertz CT molecular complexity index is 155. The van der Waals surface area contributed by atoms with E-state index in [-0.39, 0.29) is 12.1 Å². The number of aliphatic hydroxyl groups is 1. The molecular weight excluding hydrogens is 164 g/mol. The third-order valence-corrected chi connectivity index (χ3v) is 1.90. The summed E-state index contributed by atoms with van der Waals surface area (Å²) >= 11 is 0. The Kier molecular flexibility index (Phi) is 6.86. The predicted molar refractivity (Wildman–Crippen MR) is 56.3 cm³/mol. The second kappa shape index (κ2) is 7.06. The smallest absolute Gasteiger partial charge is 0.0589 e. The normalized spacial score (nSPS) is 17.2. The Balaban J connectivity index is 3.70. The first kappa shape index (κ1) is 12.6. The van der Waals surface area contributed by atoms with Crippen LogP contribution in [0.15, 0.2) is 11.6 Å². The molecule has 78 valence electrons. The van der Waals surface area contributed by atoms with Crippen molar-refractivity contribution in [3.63, 3.8) is 0 Å². The Morgan fingerprint density at radius 3 is 2.62 bits per heavy atom. The van der Waals surface area contributed by atoms with Crippen LogP contribution in [0, 0.1) is 0 Å². The Morgan fingerprint density at radius 2 is 2.15 bits per heavy atom. The highest BCUT2D eigenvalue weighted by Gasteiger charge is 2.03. The monoisotopic (exact) mass is 186 g/mol. The first-order chi connectivity index (χ1) is 6.06. The zero-order chi connectivity index (χ0) is 10.3. The van der Waals surface area contributed by atoms with Gasteiger partial charge in [-0.05, 0) is 39.7 Å². The molecule has 0 aliphatic carbocycles. The zero-order valence-corrected chi connectivity index (χ0v) is 8.66. The van der Waals surface area contributed by atoms with E-state index in [0.29, 0.717) is 19.4 Å². The average Bonchev–Trinajstić information content (AvgIpc) is 2.01. The molecule has 5 N–H and O–H groups in total. The molecule has 0 spiro atoms. The summed E-state index contributed by atoms with van der Waals surface area (Å²) in [6.45, 7) is 4.53. The second-order valence-electron chi connectivity index (χ2n) is 3.70. The standard InChI is InChI=1S/C10H22N2O/c1-8(3-4-9(2)12)7-10(13)5-6-11/h3,9-10,13H,4-7,11-12H2,1-2H3/b8-3+/t9-,10?/m1/s1. The van der Waals surface area contributed by atoms with E-state index in [2.05, 4.69) is 6.08 Å². The van der Waals surface area contributed by atoms with Crippen LogP contribution in [-0.4, -0.2) is 23.8 Å². The number of aliphatic hydroxyl groups excluding tert-OH is 1. The predicted octanol–water partition coefficient (Wildman–Crippen LogP) is 0.770. The summed E-state index contributed by atoms with van der Waals surface area (Å²) in [5, 5.41) is 9.43. The van der Waals surface area contributed by atoms with Crippen molar-refractivity contribution in [2.75, 3.05) is 6.54 Å². The molecule has 0 fully saturated rings. The van der Waals surface area contributed by atoms with E-state index < -0.39 is 0 Å². The highest BCUT2D eigenvalue weighted by atomic mass is 16.3. The van der Waals surface area contributed by atoms with Gasteiger partial charge >= 0.3 is 0 Å². The van der Waals surface area contributed by atoms with Crippen LogP contribution in [0.25, 0.3) is 0 Å². The van der Waals surface area contributed by atoms with E-state index >= 15 is 0 Å². The van der Waals surface area contributed by atoms with Crippen molar-refractivity contribution in [3.8, 4) is 0 Å². The summed E-state index contributed by atoms with van der Waals surface area (Å²) < 4.78 is 0. The van der Waals surface area contributed by atoms with Crippen LogP contribution in [0.3, 0.4) is 0 Å². The maximum Gasteiger partial charge on any atom is 0.0589 e. The highest BCUT2D eigenvalue weighted by molar-refractivity contribution is 5.00. The van der Waals surface area contributed by atoms with E-state index in [4.69, 9.17) is 11.5 Å². The largest absolute Gasteiger partial charge is 0.393 e. The van der Waals surface area contributed by atoms with E-state index in [1.54, 1.807) is 0 Å². The molecular formula is C10H22N2O. The number of rotatable bonds is 6. The number of hydrogen-bond donors (Lipinski definition) is 3. The van der Waals surface area contributed by atoms with Gasteiger partial charge in [0.05, 0.1) is 6.10 Å². The molecule has 13 heavy (non-hydrogen) atoms. The summed E-state index contributed by atoms with van der Waals surface area (Å²) in [6.07, 6.45) is 4.05. The first-order valence-corrected chi connectivity index (χ1v) is 4.85. The maximum atomic E-state index is 9.43.